The zero-order valence-electron chi connectivity index (χ0n) is 69.8. The number of hydrogen-bond donors (Lipinski definition) is 0. The summed E-state index contributed by atoms with van der Waals surface area (Å²) >= 11 is 3.69. The fourth-order valence-corrected chi connectivity index (χ4v) is 21.3. The van der Waals surface area contributed by atoms with Gasteiger partial charge in [0, 0.05) is 103 Å². The van der Waals surface area contributed by atoms with Gasteiger partial charge in [-0.25, -0.2) is 15.0 Å². The molecule has 5 aliphatic rings. The lowest BCUT2D eigenvalue weighted by Gasteiger charge is -2.30. The summed E-state index contributed by atoms with van der Waals surface area (Å²) < 4.78 is 1.27. The zero-order valence-corrected chi connectivity index (χ0v) is 71.4. The molecule has 8 heterocycles. The van der Waals surface area contributed by atoms with Gasteiger partial charge in [-0.1, -0.05) is 396 Å². The van der Waals surface area contributed by atoms with Gasteiger partial charge in [-0.2, -0.15) is 29.9 Å². The molecule has 12 nitrogen and oxygen atoms in total. The Morgan fingerprint density at radius 1 is 0.266 bits per heavy atom. The van der Waals surface area contributed by atoms with Crippen LogP contribution in [-0.4, -0.2) is 44.9 Å². The third-order valence-electron chi connectivity index (χ3n) is 24.7. The van der Waals surface area contributed by atoms with E-state index in [-0.39, 0.29) is 17.4 Å². The lowest BCUT2D eigenvalue weighted by Crippen LogP contribution is -2.25. The van der Waals surface area contributed by atoms with Crippen molar-refractivity contribution in [2.24, 2.45) is 0 Å². The number of thiophene rings is 1. The molecule has 4 aromatic heterocycles. The Morgan fingerprint density at radius 3 is 1.13 bits per heavy atom. The smallest absolute Gasteiger partial charge is 0.238 e. The lowest BCUT2D eigenvalue weighted by molar-refractivity contribution is 0.633. The Hall–Kier alpha value is -16.0. The third-order valence-corrected chi connectivity index (χ3v) is 27.1. The number of hydrogen-bond acceptors (Lipinski definition) is 14. The molecule has 2 unspecified atom stereocenters. The van der Waals surface area contributed by atoms with Gasteiger partial charge in [-0.15, -0.1) is 11.3 Å². The molecular weight excluding hydrogens is 1600 g/mol. The maximum atomic E-state index is 5.19. The molecule has 14 heteroatoms. The van der Waals surface area contributed by atoms with Crippen molar-refractivity contribution >= 4 is 90.6 Å². The lowest BCUT2D eigenvalue weighted by atomic mass is 9.77. The van der Waals surface area contributed by atoms with Gasteiger partial charge in [-0.3, -0.25) is 9.80 Å². The first-order valence-corrected chi connectivity index (χ1v) is 44.7. The molecular formula is C114H78N12S2. The van der Waals surface area contributed by atoms with E-state index < -0.39 is 0 Å². The minimum absolute atomic E-state index is 0.000559. The van der Waals surface area contributed by atoms with Gasteiger partial charge in [0.25, 0.3) is 0 Å². The SMILES string of the molecule is CC1(C)C2=C(c3ccccc3N(c3nc(-c4ccccc4)nc(-c4ccccc4)n3)c3ccccc32)c2ccccc21.c1ccc(-c2ccc3c(c2)-c2c(sc4ccccc24)-c2ccccc2N3c2nc(-c3ccccc3)nc(-c3ccccc3)n2)cc1.c1ccc(-c2nc(-c3ccccc3)nc(N3c4ccccc4C4c5ccccc5Sc5ccccc5C43)n2)cc1. The molecule has 0 fully saturated rings. The summed E-state index contributed by atoms with van der Waals surface area (Å²) in [4.78, 5) is 56.5. The number of fused-ring (bicyclic) bond motifs is 20. The van der Waals surface area contributed by atoms with Gasteiger partial charge in [0.1, 0.15) is 0 Å². The van der Waals surface area contributed by atoms with E-state index in [1.165, 1.54) is 86.0 Å². The van der Waals surface area contributed by atoms with E-state index in [1.54, 1.807) is 0 Å². The summed E-state index contributed by atoms with van der Waals surface area (Å²) in [6.45, 7) is 4.68. The van der Waals surface area contributed by atoms with E-state index in [2.05, 4.69) is 295 Å². The number of nitrogens with zero attached hydrogens (tertiary/aromatic N) is 12. The minimum Gasteiger partial charge on any atom is -0.302 e. The van der Waals surface area contributed by atoms with E-state index in [4.69, 9.17) is 44.9 Å². The first-order valence-electron chi connectivity index (χ1n) is 43.1. The monoisotopic (exact) mass is 1680 g/mol. The van der Waals surface area contributed by atoms with Crippen LogP contribution in [0.5, 0.6) is 0 Å². The van der Waals surface area contributed by atoms with Crippen molar-refractivity contribution in [3.63, 3.8) is 0 Å². The summed E-state index contributed by atoms with van der Waals surface area (Å²) in [5.41, 5.74) is 28.2. The number of benzene rings is 16. The Morgan fingerprint density at radius 2 is 0.625 bits per heavy atom. The standard InChI is InChI=1S/C41H26N4S.C38H28N4.C35H24N4S/c1-4-14-27(15-5-1)30-24-25-35-33(26-30)37-32-21-11-13-23-36(32)46-38(37)31-20-10-12-22-34(31)45(35)41-43-39(28-16-6-2-7-17-28)42-40(44-41)29-18-8-3-9-19-29;1-38(2)30-22-12-9-19-27(30)33-28-20-10-13-23-31(28)42(32-24-14-11-21-29(32)34(33)38)37-40-35(25-15-5-3-6-16-25)39-36(41-37)26-17-7-4-8-18-26;1-3-13-23(14-4-1)33-36-34(24-15-5-2-6-16-24)38-35(37-33)39-28-20-10-7-17-25(28)31-26-18-8-11-21-29(26)40-30-22-12-9-19-27(30)32(31)39/h1-26H;3-24H,1-2H3;1-22,31-32H. The van der Waals surface area contributed by atoms with Crippen LogP contribution in [0.2, 0.25) is 0 Å². The zero-order chi connectivity index (χ0) is 85.2. The van der Waals surface area contributed by atoms with Crippen molar-refractivity contribution < 1.29 is 0 Å². The van der Waals surface area contributed by atoms with Crippen LogP contribution in [0, 0.1) is 0 Å². The molecule has 0 bridgehead atoms. The number of allylic oxidation sites excluding steroid dienone is 1. The number of para-hydroxylation sites is 4. The fourth-order valence-electron chi connectivity index (χ4n) is 18.9. The van der Waals surface area contributed by atoms with Crippen LogP contribution in [0.25, 0.3) is 122 Å². The molecule has 0 amide bonds. The Balaban J connectivity index is 0.000000110. The van der Waals surface area contributed by atoms with Crippen molar-refractivity contribution in [2.45, 2.75) is 41.0 Å². The van der Waals surface area contributed by atoms with Crippen LogP contribution in [0.3, 0.4) is 0 Å². The number of rotatable bonds is 10. The summed E-state index contributed by atoms with van der Waals surface area (Å²) in [6.07, 6.45) is 0. The maximum Gasteiger partial charge on any atom is 0.238 e. The molecule has 16 aromatic carbocycles. The molecule has 2 atom stereocenters. The van der Waals surface area contributed by atoms with Crippen molar-refractivity contribution in [2.75, 3.05) is 14.7 Å². The largest absolute Gasteiger partial charge is 0.302 e. The van der Waals surface area contributed by atoms with Gasteiger partial charge < -0.3 is 4.90 Å². The topological polar surface area (TPSA) is 126 Å². The molecule has 0 N–H and O–H groups in total. The summed E-state index contributed by atoms with van der Waals surface area (Å²) in [5, 5.41) is 1.25. The van der Waals surface area contributed by atoms with Crippen LogP contribution in [0.1, 0.15) is 64.8 Å². The van der Waals surface area contributed by atoms with E-state index in [0.717, 1.165) is 78.5 Å². The van der Waals surface area contributed by atoms with Gasteiger partial charge in [-0.05, 0) is 105 Å². The van der Waals surface area contributed by atoms with Gasteiger partial charge in [0.05, 0.1) is 28.8 Å². The average molecular weight is 1680 g/mol. The van der Waals surface area contributed by atoms with Crippen LogP contribution in [0.15, 0.2) is 434 Å². The first kappa shape index (κ1) is 76.9. The average Bonchev–Trinajstić information content (AvgIpc) is 1.56. The second-order valence-corrected chi connectivity index (χ2v) is 34.8. The second kappa shape index (κ2) is 32.6. The van der Waals surface area contributed by atoms with E-state index in [9.17, 15) is 0 Å². The van der Waals surface area contributed by atoms with Gasteiger partial charge in [0.2, 0.25) is 17.8 Å². The molecule has 25 rings (SSSR count). The minimum atomic E-state index is -0.186. The summed E-state index contributed by atoms with van der Waals surface area (Å²) in [6, 6.07) is 148. The number of anilines is 8. The van der Waals surface area contributed by atoms with E-state index >= 15 is 0 Å². The van der Waals surface area contributed by atoms with Crippen LogP contribution >= 0.6 is 23.1 Å². The quantitative estimate of drug-likeness (QED) is 0.129. The molecule has 0 saturated carbocycles. The molecule has 0 radical (unpaired) electrons. The van der Waals surface area contributed by atoms with Gasteiger partial charge >= 0.3 is 0 Å². The van der Waals surface area contributed by atoms with Crippen molar-refractivity contribution in [3.05, 3.63) is 464 Å². The second-order valence-electron chi connectivity index (χ2n) is 32.6. The third kappa shape index (κ3) is 13.7. The summed E-state index contributed by atoms with van der Waals surface area (Å²) in [7, 11) is 0. The highest BCUT2D eigenvalue weighted by molar-refractivity contribution is 7.99. The van der Waals surface area contributed by atoms with E-state index in [1.807, 2.05) is 181 Å². The van der Waals surface area contributed by atoms with Crippen molar-refractivity contribution in [3.8, 4) is 101 Å². The van der Waals surface area contributed by atoms with Crippen LogP contribution in [0.4, 0.5) is 46.3 Å². The molecule has 0 spiro atoms. The molecule has 606 valence electrons. The highest BCUT2D eigenvalue weighted by atomic mass is 32.2. The van der Waals surface area contributed by atoms with E-state index in [0.29, 0.717) is 52.8 Å². The summed E-state index contributed by atoms with van der Waals surface area (Å²) in [5.74, 6) is 5.86. The number of aromatic nitrogens is 9. The van der Waals surface area contributed by atoms with Crippen LogP contribution in [-0.2, 0) is 5.41 Å². The Kier molecular flexibility index (Phi) is 19.6. The molecule has 0 saturated heterocycles. The first-order chi connectivity index (χ1) is 63.3. The molecule has 128 heavy (non-hydrogen) atoms. The molecule has 4 aliphatic heterocycles. The fraction of sp³-hybridized carbons (Fsp3) is 0.0439. The normalized spacial score (nSPS) is 14.3. The van der Waals surface area contributed by atoms with Crippen molar-refractivity contribution in [1.29, 1.82) is 0 Å². The Labute approximate surface area is 750 Å². The molecule has 20 aromatic rings. The Bertz CT molecular complexity index is 7490. The highest BCUT2D eigenvalue weighted by Crippen LogP contribution is 2.63. The maximum absolute atomic E-state index is 5.19. The predicted octanol–water partition coefficient (Wildman–Crippen LogP) is 29.1. The van der Waals surface area contributed by atoms with Crippen LogP contribution < -0.4 is 14.7 Å². The predicted molar refractivity (Wildman–Crippen MR) is 522 cm³/mol. The van der Waals surface area contributed by atoms with Gasteiger partial charge in [0.15, 0.2) is 34.9 Å². The van der Waals surface area contributed by atoms with Crippen molar-refractivity contribution in [1.82, 2.24) is 44.9 Å². The molecule has 1 aliphatic carbocycles. The highest BCUT2D eigenvalue weighted by Gasteiger charge is 2.47.